The Morgan fingerprint density at radius 2 is 1.96 bits per heavy atom. The molecule has 0 saturated carbocycles. The van der Waals surface area contributed by atoms with Crippen molar-refractivity contribution >= 4 is 17.3 Å². The number of anilines is 2. The maximum atomic E-state index is 11.4. The standard InChI is InChI=1S/C19H18N4O2/c1-12(18-22-23-19(25-18)13-5-3-2-4-6-13)20-15-8-9-16-14(11-15)7-10-17(24)21-16/h2-6,8-9,11-12,20H,7,10H2,1H3,(H,21,24)/t12-/m1/s1. The van der Waals surface area contributed by atoms with Gasteiger partial charge in [-0.05, 0) is 49.2 Å². The summed E-state index contributed by atoms with van der Waals surface area (Å²) in [5, 5.41) is 14.5. The number of carbonyl (C=O) groups excluding carboxylic acids is 1. The largest absolute Gasteiger partial charge is 0.418 e. The van der Waals surface area contributed by atoms with E-state index in [1.54, 1.807) is 0 Å². The van der Waals surface area contributed by atoms with Crippen LogP contribution in [0.1, 0.15) is 30.8 Å². The van der Waals surface area contributed by atoms with Gasteiger partial charge in [0, 0.05) is 23.4 Å². The van der Waals surface area contributed by atoms with Gasteiger partial charge in [0.05, 0.1) is 0 Å². The highest BCUT2D eigenvalue weighted by atomic mass is 16.4. The molecule has 2 N–H and O–H groups in total. The molecule has 4 rings (SSSR count). The second-order valence-corrected chi connectivity index (χ2v) is 6.10. The van der Waals surface area contributed by atoms with Gasteiger partial charge in [-0.15, -0.1) is 10.2 Å². The van der Waals surface area contributed by atoms with Crippen molar-refractivity contribution < 1.29 is 9.21 Å². The van der Waals surface area contributed by atoms with Crippen molar-refractivity contribution in [3.63, 3.8) is 0 Å². The molecule has 6 heteroatoms. The van der Waals surface area contributed by atoms with Crippen LogP contribution in [0, 0.1) is 0 Å². The van der Waals surface area contributed by atoms with E-state index in [1.807, 2.05) is 49.4 Å². The van der Waals surface area contributed by atoms with Crippen molar-refractivity contribution in [3.05, 3.63) is 60.0 Å². The summed E-state index contributed by atoms with van der Waals surface area (Å²) in [6, 6.07) is 15.5. The number of aromatic nitrogens is 2. The van der Waals surface area contributed by atoms with Crippen molar-refractivity contribution in [2.45, 2.75) is 25.8 Å². The van der Waals surface area contributed by atoms with Crippen molar-refractivity contribution in [3.8, 4) is 11.5 Å². The van der Waals surface area contributed by atoms with Gasteiger partial charge >= 0.3 is 0 Å². The first-order chi connectivity index (χ1) is 12.2. The Labute approximate surface area is 145 Å². The summed E-state index contributed by atoms with van der Waals surface area (Å²) >= 11 is 0. The minimum absolute atomic E-state index is 0.0703. The first-order valence-corrected chi connectivity index (χ1v) is 8.27. The Bertz CT molecular complexity index is 905. The molecule has 0 aliphatic carbocycles. The van der Waals surface area contributed by atoms with Gasteiger partial charge < -0.3 is 15.1 Å². The van der Waals surface area contributed by atoms with E-state index in [1.165, 1.54) is 0 Å². The summed E-state index contributed by atoms with van der Waals surface area (Å²) in [4.78, 5) is 11.4. The highest BCUT2D eigenvalue weighted by molar-refractivity contribution is 5.94. The van der Waals surface area contributed by atoms with E-state index in [0.29, 0.717) is 18.2 Å². The van der Waals surface area contributed by atoms with E-state index in [4.69, 9.17) is 4.42 Å². The van der Waals surface area contributed by atoms with Gasteiger partial charge in [0.15, 0.2) is 0 Å². The Hall–Kier alpha value is -3.15. The summed E-state index contributed by atoms with van der Waals surface area (Å²) in [7, 11) is 0. The number of amides is 1. The zero-order valence-corrected chi connectivity index (χ0v) is 13.8. The Morgan fingerprint density at radius 1 is 1.12 bits per heavy atom. The molecule has 25 heavy (non-hydrogen) atoms. The molecule has 0 spiro atoms. The minimum Gasteiger partial charge on any atom is -0.418 e. The quantitative estimate of drug-likeness (QED) is 0.759. The molecule has 2 aromatic carbocycles. The highest BCUT2D eigenvalue weighted by Gasteiger charge is 2.17. The van der Waals surface area contributed by atoms with Gasteiger partial charge in [-0.25, -0.2) is 0 Å². The van der Waals surface area contributed by atoms with Crippen LogP contribution in [-0.4, -0.2) is 16.1 Å². The topological polar surface area (TPSA) is 80.0 Å². The summed E-state index contributed by atoms with van der Waals surface area (Å²) in [6.45, 7) is 1.98. The Morgan fingerprint density at radius 3 is 2.80 bits per heavy atom. The Balaban J connectivity index is 1.50. The lowest BCUT2D eigenvalue weighted by atomic mass is 10.0. The molecule has 1 aliphatic rings. The summed E-state index contributed by atoms with van der Waals surface area (Å²) in [5.41, 5.74) is 3.88. The first kappa shape index (κ1) is 15.4. The molecule has 0 fully saturated rings. The van der Waals surface area contributed by atoms with E-state index >= 15 is 0 Å². The van der Waals surface area contributed by atoms with E-state index < -0.39 is 0 Å². The van der Waals surface area contributed by atoms with Gasteiger partial charge in [-0.1, -0.05) is 18.2 Å². The second-order valence-electron chi connectivity index (χ2n) is 6.10. The van der Waals surface area contributed by atoms with Crippen LogP contribution in [0.25, 0.3) is 11.5 Å². The third-order valence-corrected chi connectivity index (χ3v) is 4.22. The van der Waals surface area contributed by atoms with Crippen LogP contribution in [0.5, 0.6) is 0 Å². The molecule has 1 amide bonds. The van der Waals surface area contributed by atoms with Crippen LogP contribution in [-0.2, 0) is 11.2 Å². The Kier molecular flexibility index (Phi) is 3.93. The van der Waals surface area contributed by atoms with Crippen molar-refractivity contribution in [1.29, 1.82) is 0 Å². The lowest BCUT2D eigenvalue weighted by molar-refractivity contribution is -0.116. The molecule has 6 nitrogen and oxygen atoms in total. The number of fused-ring (bicyclic) bond motifs is 1. The fourth-order valence-electron chi connectivity index (χ4n) is 2.89. The predicted octanol–water partition coefficient (Wildman–Crippen LogP) is 3.79. The molecule has 1 aromatic heterocycles. The fraction of sp³-hybridized carbons (Fsp3) is 0.211. The first-order valence-electron chi connectivity index (χ1n) is 8.27. The molecule has 126 valence electrons. The molecule has 0 unspecified atom stereocenters. The van der Waals surface area contributed by atoms with Crippen LogP contribution in [0.4, 0.5) is 11.4 Å². The fourth-order valence-corrected chi connectivity index (χ4v) is 2.89. The molecule has 0 saturated heterocycles. The van der Waals surface area contributed by atoms with Crippen molar-refractivity contribution in [2.75, 3.05) is 10.6 Å². The van der Waals surface area contributed by atoms with Crippen molar-refractivity contribution in [1.82, 2.24) is 10.2 Å². The average molecular weight is 334 g/mol. The van der Waals surface area contributed by atoms with Gasteiger partial charge in [-0.2, -0.15) is 0 Å². The van der Waals surface area contributed by atoms with Crippen LogP contribution < -0.4 is 10.6 Å². The SMILES string of the molecule is C[C@@H](Nc1ccc2c(c1)CCC(=O)N2)c1nnc(-c2ccccc2)o1. The van der Waals surface area contributed by atoms with Crippen LogP contribution >= 0.6 is 0 Å². The van der Waals surface area contributed by atoms with Crippen LogP contribution in [0.2, 0.25) is 0 Å². The average Bonchev–Trinajstić information content (AvgIpc) is 3.13. The molecule has 0 radical (unpaired) electrons. The summed E-state index contributed by atoms with van der Waals surface area (Å²) in [5.74, 6) is 1.11. The maximum Gasteiger partial charge on any atom is 0.247 e. The molecule has 1 aliphatic heterocycles. The number of benzene rings is 2. The van der Waals surface area contributed by atoms with Crippen molar-refractivity contribution in [2.24, 2.45) is 0 Å². The normalized spacial score (nSPS) is 14.5. The molecular formula is C19H18N4O2. The summed E-state index contributed by atoms with van der Waals surface area (Å²) in [6.07, 6.45) is 1.28. The molecule has 2 heterocycles. The van der Waals surface area contributed by atoms with Crippen LogP contribution in [0.15, 0.2) is 52.9 Å². The van der Waals surface area contributed by atoms with Gasteiger partial charge in [0.2, 0.25) is 17.7 Å². The number of nitrogens with zero attached hydrogens (tertiary/aromatic N) is 2. The lowest BCUT2D eigenvalue weighted by Gasteiger charge is -2.19. The maximum absolute atomic E-state index is 11.4. The van der Waals surface area contributed by atoms with E-state index in [9.17, 15) is 4.79 Å². The second kappa shape index (κ2) is 6.39. The van der Waals surface area contributed by atoms with Crippen LogP contribution in [0.3, 0.4) is 0 Å². The number of aryl methyl sites for hydroxylation is 1. The zero-order valence-electron chi connectivity index (χ0n) is 13.8. The third kappa shape index (κ3) is 3.24. The number of hydrogen-bond acceptors (Lipinski definition) is 5. The molecule has 0 bridgehead atoms. The minimum atomic E-state index is -0.124. The predicted molar refractivity (Wildman–Crippen MR) is 95.2 cm³/mol. The lowest BCUT2D eigenvalue weighted by Crippen LogP contribution is -2.19. The zero-order chi connectivity index (χ0) is 17.2. The summed E-state index contributed by atoms with van der Waals surface area (Å²) < 4.78 is 5.79. The monoisotopic (exact) mass is 334 g/mol. The van der Waals surface area contributed by atoms with Gasteiger partial charge in [-0.3, -0.25) is 4.79 Å². The smallest absolute Gasteiger partial charge is 0.247 e. The number of nitrogens with one attached hydrogen (secondary N) is 2. The van der Waals surface area contributed by atoms with E-state index in [0.717, 1.165) is 28.9 Å². The van der Waals surface area contributed by atoms with E-state index in [2.05, 4.69) is 26.9 Å². The van der Waals surface area contributed by atoms with Gasteiger partial charge in [0.25, 0.3) is 0 Å². The molecule has 1 atom stereocenters. The number of rotatable bonds is 4. The van der Waals surface area contributed by atoms with Gasteiger partial charge in [0.1, 0.15) is 6.04 Å². The molecular weight excluding hydrogens is 316 g/mol. The number of hydrogen-bond donors (Lipinski definition) is 2. The van der Waals surface area contributed by atoms with E-state index in [-0.39, 0.29) is 11.9 Å². The highest BCUT2D eigenvalue weighted by Crippen LogP contribution is 2.28. The third-order valence-electron chi connectivity index (χ3n) is 4.22. The number of carbonyl (C=O) groups is 1. The molecule has 3 aromatic rings.